The van der Waals surface area contributed by atoms with E-state index in [9.17, 15) is 24.1 Å². The van der Waals surface area contributed by atoms with Gasteiger partial charge in [-0.1, -0.05) is 0 Å². The van der Waals surface area contributed by atoms with Gasteiger partial charge in [0.05, 0.1) is 18.1 Å². The molecule has 2 atom stereocenters. The summed E-state index contributed by atoms with van der Waals surface area (Å²) in [6.07, 6.45) is -2.31. The first-order valence-electron chi connectivity index (χ1n) is 8.47. The van der Waals surface area contributed by atoms with Crippen LogP contribution in [0.3, 0.4) is 0 Å². The first-order chi connectivity index (χ1) is 13.7. The summed E-state index contributed by atoms with van der Waals surface area (Å²) in [5.74, 6) is -1.55. The van der Waals surface area contributed by atoms with E-state index in [1.165, 1.54) is 57.4 Å². The number of esters is 1. The number of anilines is 1. The van der Waals surface area contributed by atoms with Crippen molar-refractivity contribution >= 4 is 23.3 Å². The maximum Gasteiger partial charge on any atom is 0.347 e. The molecule has 0 aliphatic heterocycles. The molecule has 0 heterocycles. The van der Waals surface area contributed by atoms with Crippen LogP contribution in [0.1, 0.15) is 13.8 Å². The summed E-state index contributed by atoms with van der Waals surface area (Å²) < 4.78 is 28.2. The van der Waals surface area contributed by atoms with Crippen LogP contribution in [0.4, 0.5) is 15.8 Å². The molecule has 0 radical (unpaired) electrons. The first-order valence-corrected chi connectivity index (χ1v) is 8.47. The standard InChI is InChI=1S/C19H19FN2O7/c1-11(29-19(24)12(2)28-14-6-4-13(20)5-7-14)18(23)21-16-9-8-15(27-3)10-17(16)22(25)26/h4-12H,1-3H3,(H,21,23)/t11-,12-/m1/s1. The highest BCUT2D eigenvalue weighted by Crippen LogP contribution is 2.29. The van der Waals surface area contributed by atoms with Crippen LogP contribution >= 0.6 is 0 Å². The highest BCUT2D eigenvalue weighted by molar-refractivity contribution is 5.97. The first kappa shape index (κ1) is 21.6. The Morgan fingerprint density at radius 2 is 1.69 bits per heavy atom. The number of amides is 1. The maximum atomic E-state index is 12.9. The maximum absolute atomic E-state index is 12.9. The number of carbonyl (C=O) groups is 2. The van der Waals surface area contributed by atoms with Gasteiger partial charge in [0.1, 0.15) is 23.0 Å². The zero-order valence-electron chi connectivity index (χ0n) is 15.9. The SMILES string of the molecule is COc1ccc(NC(=O)[C@@H](C)OC(=O)[C@@H](C)Oc2ccc(F)cc2)c([N+](=O)[O-])c1. The Hall–Kier alpha value is -3.69. The van der Waals surface area contributed by atoms with Crippen LogP contribution < -0.4 is 14.8 Å². The van der Waals surface area contributed by atoms with Gasteiger partial charge in [-0.2, -0.15) is 0 Å². The minimum absolute atomic E-state index is 0.0701. The van der Waals surface area contributed by atoms with Gasteiger partial charge in [0.15, 0.2) is 12.2 Å². The number of nitrogens with zero attached hydrogens (tertiary/aromatic N) is 1. The van der Waals surface area contributed by atoms with Crippen molar-refractivity contribution in [2.45, 2.75) is 26.1 Å². The third-order valence-electron chi connectivity index (χ3n) is 3.78. The van der Waals surface area contributed by atoms with Crippen molar-refractivity contribution in [1.82, 2.24) is 0 Å². The monoisotopic (exact) mass is 406 g/mol. The predicted octanol–water partition coefficient (Wildman–Crippen LogP) is 3.08. The lowest BCUT2D eigenvalue weighted by molar-refractivity contribution is -0.384. The Morgan fingerprint density at radius 3 is 2.28 bits per heavy atom. The summed E-state index contributed by atoms with van der Waals surface area (Å²) >= 11 is 0. The highest BCUT2D eigenvalue weighted by atomic mass is 19.1. The van der Waals surface area contributed by atoms with Crippen molar-refractivity contribution < 1.29 is 33.1 Å². The molecule has 1 N–H and O–H groups in total. The molecule has 29 heavy (non-hydrogen) atoms. The van der Waals surface area contributed by atoms with E-state index in [1.54, 1.807) is 0 Å². The average molecular weight is 406 g/mol. The number of benzene rings is 2. The summed E-state index contributed by atoms with van der Waals surface area (Å²) in [6, 6.07) is 8.94. The van der Waals surface area contributed by atoms with Crippen molar-refractivity contribution in [2.75, 3.05) is 12.4 Å². The molecule has 0 aliphatic rings. The molecule has 0 unspecified atom stereocenters. The number of rotatable bonds is 8. The zero-order valence-corrected chi connectivity index (χ0v) is 15.9. The number of halogens is 1. The summed E-state index contributed by atoms with van der Waals surface area (Å²) in [6.45, 7) is 2.72. The van der Waals surface area contributed by atoms with Crippen molar-refractivity contribution in [2.24, 2.45) is 0 Å². The van der Waals surface area contributed by atoms with Gasteiger partial charge < -0.3 is 19.5 Å². The molecule has 0 spiro atoms. The van der Waals surface area contributed by atoms with Gasteiger partial charge in [0.25, 0.3) is 11.6 Å². The van der Waals surface area contributed by atoms with Crippen LogP contribution in [0.25, 0.3) is 0 Å². The minimum atomic E-state index is -1.25. The Morgan fingerprint density at radius 1 is 1.07 bits per heavy atom. The molecule has 1 amide bonds. The summed E-state index contributed by atoms with van der Waals surface area (Å²) in [5.41, 5.74) is -0.441. The molecular formula is C19H19FN2O7. The van der Waals surface area contributed by atoms with Crippen molar-refractivity contribution in [3.05, 3.63) is 58.4 Å². The molecular weight excluding hydrogens is 387 g/mol. The van der Waals surface area contributed by atoms with Crippen molar-refractivity contribution in [3.8, 4) is 11.5 Å². The van der Waals surface area contributed by atoms with Crippen molar-refractivity contribution in [3.63, 3.8) is 0 Å². The second-order valence-electron chi connectivity index (χ2n) is 5.92. The van der Waals surface area contributed by atoms with E-state index in [4.69, 9.17) is 14.2 Å². The average Bonchev–Trinajstić information content (AvgIpc) is 2.69. The molecule has 0 saturated heterocycles. The van der Waals surface area contributed by atoms with Gasteiger partial charge >= 0.3 is 5.97 Å². The van der Waals surface area contributed by atoms with Gasteiger partial charge in [0.2, 0.25) is 0 Å². The van der Waals surface area contributed by atoms with Gasteiger partial charge in [-0.3, -0.25) is 14.9 Å². The van der Waals surface area contributed by atoms with E-state index in [2.05, 4.69) is 5.32 Å². The number of hydrogen-bond donors (Lipinski definition) is 1. The fourth-order valence-corrected chi connectivity index (χ4v) is 2.22. The van der Waals surface area contributed by atoms with Crippen LogP contribution in [0.15, 0.2) is 42.5 Å². The Balaban J connectivity index is 1.98. The van der Waals surface area contributed by atoms with Crippen molar-refractivity contribution in [1.29, 1.82) is 0 Å². The van der Waals surface area contributed by atoms with Gasteiger partial charge in [-0.05, 0) is 50.2 Å². The zero-order chi connectivity index (χ0) is 21.6. The molecule has 9 nitrogen and oxygen atoms in total. The van der Waals surface area contributed by atoms with Crippen LogP contribution in [-0.4, -0.2) is 36.1 Å². The number of carbonyl (C=O) groups excluding carboxylic acids is 2. The third-order valence-corrected chi connectivity index (χ3v) is 3.78. The fourth-order valence-electron chi connectivity index (χ4n) is 2.22. The predicted molar refractivity (Wildman–Crippen MR) is 100 cm³/mol. The normalized spacial score (nSPS) is 12.4. The summed E-state index contributed by atoms with van der Waals surface area (Å²) in [5, 5.41) is 13.5. The second kappa shape index (κ2) is 9.49. The molecule has 2 rings (SSSR count). The highest BCUT2D eigenvalue weighted by Gasteiger charge is 2.25. The minimum Gasteiger partial charge on any atom is -0.496 e. The molecule has 2 aromatic rings. The quantitative estimate of drug-likeness (QED) is 0.407. The molecule has 2 aromatic carbocycles. The van der Waals surface area contributed by atoms with Crippen LogP contribution in [0, 0.1) is 15.9 Å². The van der Waals surface area contributed by atoms with E-state index in [1.807, 2.05) is 0 Å². The topological polar surface area (TPSA) is 117 Å². The van der Waals surface area contributed by atoms with E-state index in [0.717, 1.165) is 6.07 Å². The lowest BCUT2D eigenvalue weighted by atomic mass is 10.2. The van der Waals surface area contributed by atoms with E-state index in [0.29, 0.717) is 0 Å². The Labute approximate surface area is 165 Å². The van der Waals surface area contributed by atoms with Gasteiger partial charge in [0, 0.05) is 0 Å². The molecule has 0 aliphatic carbocycles. The van der Waals surface area contributed by atoms with E-state index in [-0.39, 0.29) is 22.9 Å². The Kier molecular flexibility index (Phi) is 7.07. The molecule has 154 valence electrons. The number of nitro benzene ring substituents is 1. The third kappa shape index (κ3) is 5.89. The molecule has 0 saturated carbocycles. The number of nitro groups is 1. The van der Waals surface area contributed by atoms with Gasteiger partial charge in [-0.25, -0.2) is 9.18 Å². The Bertz CT molecular complexity index is 902. The van der Waals surface area contributed by atoms with Gasteiger partial charge in [-0.15, -0.1) is 0 Å². The number of hydrogen-bond acceptors (Lipinski definition) is 7. The second-order valence-corrected chi connectivity index (χ2v) is 5.92. The van der Waals surface area contributed by atoms with Crippen LogP contribution in [0.5, 0.6) is 11.5 Å². The number of methoxy groups -OCH3 is 1. The lowest BCUT2D eigenvalue weighted by Crippen LogP contribution is -2.35. The number of ether oxygens (including phenoxy) is 3. The van der Waals surface area contributed by atoms with Crippen LogP contribution in [-0.2, 0) is 14.3 Å². The molecule has 0 aromatic heterocycles. The van der Waals surface area contributed by atoms with Crippen LogP contribution in [0.2, 0.25) is 0 Å². The molecule has 10 heteroatoms. The number of nitrogens with one attached hydrogen (secondary N) is 1. The molecule has 0 bridgehead atoms. The summed E-state index contributed by atoms with van der Waals surface area (Å²) in [4.78, 5) is 34.9. The summed E-state index contributed by atoms with van der Waals surface area (Å²) in [7, 11) is 1.36. The fraction of sp³-hybridized carbons (Fsp3) is 0.263. The lowest BCUT2D eigenvalue weighted by Gasteiger charge is -2.18. The smallest absolute Gasteiger partial charge is 0.347 e. The largest absolute Gasteiger partial charge is 0.496 e. The van der Waals surface area contributed by atoms with E-state index >= 15 is 0 Å². The molecule has 0 fully saturated rings. The van der Waals surface area contributed by atoms with E-state index < -0.39 is 34.8 Å².